The van der Waals surface area contributed by atoms with Crippen LogP contribution in [0.25, 0.3) is 43.1 Å². The van der Waals surface area contributed by atoms with Crippen LogP contribution in [0, 0.1) is 0 Å². The number of hydrogen-bond donors (Lipinski definition) is 0. The van der Waals surface area contributed by atoms with Crippen LogP contribution in [-0.4, -0.2) is 35.6 Å². The van der Waals surface area contributed by atoms with Crippen molar-refractivity contribution in [3.8, 4) is 0 Å². The van der Waals surface area contributed by atoms with Crippen molar-refractivity contribution in [3.63, 3.8) is 0 Å². The van der Waals surface area contributed by atoms with Crippen molar-refractivity contribution in [1.29, 1.82) is 0 Å². The number of nitrogens with zero attached hydrogens (tertiary/aromatic N) is 2. The molecule has 0 saturated heterocycles. The lowest BCUT2D eigenvalue weighted by atomic mass is 9.82. The van der Waals surface area contributed by atoms with Crippen molar-refractivity contribution in [2.75, 3.05) is 11.9 Å². The first kappa shape index (κ1) is 20.1. The maximum atomic E-state index is 13.6. The summed E-state index contributed by atoms with van der Waals surface area (Å²) in [6, 6.07) is 23.7. The lowest BCUT2D eigenvalue weighted by molar-refractivity contribution is 0.0650. The van der Waals surface area contributed by atoms with E-state index in [0.717, 1.165) is 37.2 Å². The molecule has 4 amide bonds. The van der Waals surface area contributed by atoms with E-state index in [9.17, 15) is 19.2 Å². The number of para-hydroxylation sites is 1. The molecule has 6 heteroatoms. The van der Waals surface area contributed by atoms with E-state index in [1.807, 2.05) is 30.3 Å². The van der Waals surface area contributed by atoms with E-state index >= 15 is 0 Å². The van der Waals surface area contributed by atoms with Crippen molar-refractivity contribution in [3.05, 3.63) is 101 Å². The van der Waals surface area contributed by atoms with E-state index in [4.69, 9.17) is 0 Å². The van der Waals surface area contributed by atoms with Gasteiger partial charge in [0.25, 0.3) is 23.6 Å². The number of imide groups is 2. The van der Waals surface area contributed by atoms with Gasteiger partial charge in [0.1, 0.15) is 0 Å². The van der Waals surface area contributed by atoms with Gasteiger partial charge in [0.05, 0.1) is 5.69 Å². The van der Waals surface area contributed by atoms with Gasteiger partial charge in [-0.2, -0.15) is 0 Å². The number of benzene rings is 6. The SMILES string of the molecule is CN1C(=O)c2ccc3c4ccc5c6c(ccc(c7ccc(c2c37)C1=O)c64)C(=O)N(c1ccccc1)C5=O. The molecule has 0 atom stereocenters. The zero-order valence-corrected chi connectivity index (χ0v) is 19.5. The molecule has 2 aliphatic rings. The smallest absolute Gasteiger partial charge is 0.265 e. The summed E-state index contributed by atoms with van der Waals surface area (Å²) in [6.07, 6.45) is 0. The van der Waals surface area contributed by atoms with Crippen LogP contribution in [0.1, 0.15) is 41.4 Å². The van der Waals surface area contributed by atoms with Gasteiger partial charge in [-0.15, -0.1) is 0 Å². The first-order valence-electron chi connectivity index (χ1n) is 11.9. The third kappa shape index (κ3) is 2.26. The van der Waals surface area contributed by atoms with Crippen LogP contribution < -0.4 is 4.90 Å². The fraction of sp³-hybridized carbons (Fsp3) is 0.0323. The molecule has 2 aliphatic heterocycles. The molecule has 2 heterocycles. The van der Waals surface area contributed by atoms with Crippen LogP contribution in [0.15, 0.2) is 78.9 Å². The number of hydrogen-bond acceptors (Lipinski definition) is 4. The number of carbonyl (C=O) groups excluding carboxylic acids is 4. The van der Waals surface area contributed by atoms with Crippen molar-refractivity contribution < 1.29 is 19.2 Å². The highest BCUT2D eigenvalue weighted by molar-refractivity contribution is 6.43. The summed E-state index contributed by atoms with van der Waals surface area (Å²) >= 11 is 0. The van der Waals surface area contributed by atoms with Gasteiger partial charge < -0.3 is 0 Å². The standard InChI is InChI=1S/C31H16N2O4/c1-32-28(34)20-11-7-16-18-9-13-22-27-23(31(37)33(30(22)36)15-5-3-2-4-6-15)14-10-19(25(18)27)17-8-12-21(29(32)35)26(20)24(16)17/h2-14H,1H3. The molecule has 174 valence electrons. The second kappa shape index (κ2) is 6.56. The monoisotopic (exact) mass is 480 g/mol. The van der Waals surface area contributed by atoms with Crippen molar-refractivity contribution >= 4 is 72.4 Å². The van der Waals surface area contributed by atoms with E-state index in [1.54, 1.807) is 48.5 Å². The zero-order valence-electron chi connectivity index (χ0n) is 19.5. The summed E-state index contributed by atoms with van der Waals surface area (Å²) in [6.45, 7) is 0. The third-order valence-electron chi connectivity index (χ3n) is 7.85. The van der Waals surface area contributed by atoms with Crippen LogP contribution >= 0.6 is 0 Å². The second-order valence-corrected chi connectivity index (χ2v) is 9.59. The number of amides is 4. The molecule has 6 nitrogen and oxygen atoms in total. The molecule has 0 fully saturated rings. The Hall–Kier alpha value is -5.10. The molecule has 0 aliphatic carbocycles. The predicted octanol–water partition coefficient (Wildman–Crippen LogP) is 5.76. The number of carbonyl (C=O) groups is 4. The van der Waals surface area contributed by atoms with E-state index in [0.29, 0.717) is 38.7 Å². The van der Waals surface area contributed by atoms with Crippen LogP contribution in [0.2, 0.25) is 0 Å². The van der Waals surface area contributed by atoms with E-state index in [-0.39, 0.29) is 23.6 Å². The van der Waals surface area contributed by atoms with Crippen LogP contribution in [0.5, 0.6) is 0 Å². The third-order valence-corrected chi connectivity index (χ3v) is 7.85. The number of fused-ring (bicyclic) bond motifs is 2. The Kier molecular flexibility index (Phi) is 3.57. The molecule has 0 unspecified atom stereocenters. The molecule has 8 rings (SSSR count). The van der Waals surface area contributed by atoms with Crippen LogP contribution in [0.4, 0.5) is 5.69 Å². The van der Waals surface area contributed by atoms with Gasteiger partial charge in [0.15, 0.2) is 0 Å². The van der Waals surface area contributed by atoms with Gasteiger partial charge in [-0.05, 0) is 68.7 Å². The minimum atomic E-state index is -0.359. The topological polar surface area (TPSA) is 74.8 Å². The molecule has 0 spiro atoms. The van der Waals surface area contributed by atoms with E-state index < -0.39 is 0 Å². The average molecular weight is 480 g/mol. The molecule has 0 bridgehead atoms. The van der Waals surface area contributed by atoms with Gasteiger partial charge in [0.2, 0.25) is 0 Å². The maximum absolute atomic E-state index is 13.6. The van der Waals surface area contributed by atoms with E-state index in [1.165, 1.54) is 11.9 Å². The highest BCUT2D eigenvalue weighted by Crippen LogP contribution is 2.46. The predicted molar refractivity (Wildman–Crippen MR) is 142 cm³/mol. The summed E-state index contributed by atoms with van der Waals surface area (Å²) in [5.41, 5.74) is 2.46. The summed E-state index contributed by atoms with van der Waals surface area (Å²) in [5, 5.41) is 6.49. The van der Waals surface area contributed by atoms with Gasteiger partial charge in [0, 0.05) is 40.1 Å². The molecule has 6 aromatic rings. The fourth-order valence-corrected chi connectivity index (χ4v) is 6.20. The van der Waals surface area contributed by atoms with Crippen molar-refractivity contribution in [2.45, 2.75) is 0 Å². The van der Waals surface area contributed by atoms with Gasteiger partial charge in [-0.3, -0.25) is 24.1 Å². The number of rotatable bonds is 1. The Labute approximate surface area is 209 Å². The van der Waals surface area contributed by atoms with Crippen molar-refractivity contribution in [2.24, 2.45) is 0 Å². The molecular formula is C31H16N2O4. The zero-order chi connectivity index (χ0) is 25.2. The molecule has 6 aromatic carbocycles. The molecule has 37 heavy (non-hydrogen) atoms. The summed E-state index contributed by atoms with van der Waals surface area (Å²) < 4.78 is 0. The maximum Gasteiger partial charge on any atom is 0.265 e. The Bertz CT molecular complexity index is 1960. The van der Waals surface area contributed by atoms with Gasteiger partial charge in [-0.25, -0.2) is 4.90 Å². The molecule has 0 saturated carbocycles. The van der Waals surface area contributed by atoms with Crippen molar-refractivity contribution in [1.82, 2.24) is 4.90 Å². The number of anilines is 1. The van der Waals surface area contributed by atoms with Crippen LogP contribution in [-0.2, 0) is 0 Å². The minimum absolute atomic E-state index is 0.325. The Balaban J connectivity index is 1.52. The lowest BCUT2D eigenvalue weighted by Gasteiger charge is -2.29. The first-order valence-corrected chi connectivity index (χ1v) is 11.9. The summed E-state index contributed by atoms with van der Waals surface area (Å²) in [4.78, 5) is 55.6. The highest BCUT2D eigenvalue weighted by Gasteiger charge is 2.36. The first-order chi connectivity index (χ1) is 18.0. The molecule has 0 N–H and O–H groups in total. The molecule has 0 radical (unpaired) electrons. The van der Waals surface area contributed by atoms with E-state index in [2.05, 4.69) is 0 Å². The van der Waals surface area contributed by atoms with Gasteiger partial charge >= 0.3 is 0 Å². The molecular weight excluding hydrogens is 464 g/mol. The molecule has 0 aromatic heterocycles. The Morgan fingerprint density at radius 1 is 0.432 bits per heavy atom. The Morgan fingerprint density at radius 2 is 0.811 bits per heavy atom. The quantitative estimate of drug-likeness (QED) is 0.170. The average Bonchev–Trinajstić information content (AvgIpc) is 2.93. The van der Waals surface area contributed by atoms with Crippen LogP contribution in [0.3, 0.4) is 0 Å². The fourth-order valence-electron chi connectivity index (χ4n) is 6.20. The summed E-state index contributed by atoms with van der Waals surface area (Å²) in [5.74, 6) is -1.37. The Morgan fingerprint density at radius 3 is 1.22 bits per heavy atom. The second-order valence-electron chi connectivity index (χ2n) is 9.59. The minimum Gasteiger partial charge on any atom is -0.277 e. The highest BCUT2D eigenvalue weighted by atomic mass is 16.2. The lowest BCUT2D eigenvalue weighted by Crippen LogP contribution is -2.40. The van der Waals surface area contributed by atoms with Gasteiger partial charge in [-0.1, -0.05) is 42.5 Å². The largest absolute Gasteiger partial charge is 0.277 e. The summed E-state index contributed by atoms with van der Waals surface area (Å²) in [7, 11) is 1.50. The normalized spacial score (nSPS) is 15.3.